The summed E-state index contributed by atoms with van der Waals surface area (Å²) in [6.45, 7) is 1.38. The van der Waals surface area contributed by atoms with E-state index in [2.05, 4.69) is 4.98 Å². The first-order valence-electron chi connectivity index (χ1n) is 10.4. The maximum Gasteiger partial charge on any atom is 0.338 e. The van der Waals surface area contributed by atoms with Crippen LogP contribution in [0.4, 0.5) is 0 Å². The van der Waals surface area contributed by atoms with Crippen molar-refractivity contribution in [1.82, 2.24) is 9.55 Å². The second-order valence-electron chi connectivity index (χ2n) is 7.62. The largest absolute Gasteiger partial charge is 0.459 e. The second kappa shape index (κ2) is 9.66. The highest BCUT2D eigenvalue weighted by Crippen LogP contribution is 2.31. The molecule has 0 bridgehead atoms. The van der Waals surface area contributed by atoms with Gasteiger partial charge in [-0.2, -0.15) is 0 Å². The van der Waals surface area contributed by atoms with E-state index in [4.69, 9.17) is 14.2 Å². The zero-order chi connectivity index (χ0) is 23.4. The summed E-state index contributed by atoms with van der Waals surface area (Å²) in [5.41, 5.74) is -0.0781. The molecule has 9 nitrogen and oxygen atoms in total. The molecule has 0 amide bonds. The summed E-state index contributed by atoms with van der Waals surface area (Å²) >= 11 is 0. The van der Waals surface area contributed by atoms with Crippen molar-refractivity contribution in [3.8, 4) is 0 Å². The Labute approximate surface area is 188 Å². The maximum atomic E-state index is 12.6. The van der Waals surface area contributed by atoms with Gasteiger partial charge in [0.25, 0.3) is 5.56 Å². The molecule has 1 aliphatic rings. The van der Waals surface area contributed by atoms with Gasteiger partial charge in [-0.1, -0.05) is 36.4 Å². The molecule has 3 atom stereocenters. The lowest BCUT2D eigenvalue weighted by molar-refractivity contribution is -0.0582. The molecular formula is C24H22N2O7. The standard InChI is InChI=1S/C24H22N2O7/c1-15-13-26(24(30)25-21(15)27)20-12-18(33-23(29)17-10-6-3-7-11-17)19(32-20)14-31-22(28)16-8-4-2-5-9-16/h2-11,13,18-20H,12,14H2,1H3,(H,25,27,30)/t18-,19+,20?/m0/s1. The first-order chi connectivity index (χ1) is 15.9. The Morgan fingerprint density at radius 3 is 2.24 bits per heavy atom. The average molecular weight is 450 g/mol. The average Bonchev–Trinajstić information content (AvgIpc) is 3.23. The highest BCUT2D eigenvalue weighted by molar-refractivity contribution is 5.90. The summed E-state index contributed by atoms with van der Waals surface area (Å²) in [5.74, 6) is -1.11. The van der Waals surface area contributed by atoms with Gasteiger partial charge in [0, 0.05) is 18.2 Å². The number of esters is 2. The first kappa shape index (κ1) is 22.2. The molecule has 9 heteroatoms. The van der Waals surface area contributed by atoms with Crippen LogP contribution in [-0.4, -0.2) is 40.3 Å². The molecule has 1 aromatic heterocycles. The van der Waals surface area contributed by atoms with E-state index in [-0.39, 0.29) is 13.0 Å². The van der Waals surface area contributed by atoms with Gasteiger partial charge < -0.3 is 14.2 Å². The van der Waals surface area contributed by atoms with E-state index in [9.17, 15) is 19.2 Å². The molecule has 2 heterocycles. The number of aryl methyl sites for hydroxylation is 1. The molecule has 1 fully saturated rings. The lowest BCUT2D eigenvalue weighted by Crippen LogP contribution is -2.33. The van der Waals surface area contributed by atoms with Crippen LogP contribution in [0.5, 0.6) is 0 Å². The van der Waals surface area contributed by atoms with Crippen molar-refractivity contribution in [2.75, 3.05) is 6.61 Å². The number of hydrogen-bond acceptors (Lipinski definition) is 7. The van der Waals surface area contributed by atoms with Crippen LogP contribution < -0.4 is 11.2 Å². The van der Waals surface area contributed by atoms with Crippen molar-refractivity contribution < 1.29 is 23.8 Å². The summed E-state index contributed by atoms with van der Waals surface area (Å²) in [7, 11) is 0. The van der Waals surface area contributed by atoms with Gasteiger partial charge in [0.2, 0.25) is 0 Å². The zero-order valence-corrected chi connectivity index (χ0v) is 17.8. The van der Waals surface area contributed by atoms with Gasteiger partial charge in [0.05, 0.1) is 11.1 Å². The van der Waals surface area contributed by atoms with E-state index in [0.717, 1.165) is 0 Å². The fraction of sp³-hybridized carbons (Fsp3) is 0.250. The molecule has 3 aromatic rings. The molecule has 1 unspecified atom stereocenters. The van der Waals surface area contributed by atoms with Crippen LogP contribution >= 0.6 is 0 Å². The van der Waals surface area contributed by atoms with Crippen LogP contribution in [0.1, 0.15) is 38.9 Å². The number of nitrogens with one attached hydrogen (secondary N) is 1. The van der Waals surface area contributed by atoms with Gasteiger partial charge in [-0.15, -0.1) is 0 Å². The van der Waals surface area contributed by atoms with E-state index >= 15 is 0 Å². The van der Waals surface area contributed by atoms with Gasteiger partial charge >= 0.3 is 17.6 Å². The number of aromatic nitrogens is 2. The van der Waals surface area contributed by atoms with E-state index < -0.39 is 41.6 Å². The molecule has 33 heavy (non-hydrogen) atoms. The lowest BCUT2D eigenvalue weighted by atomic mass is 10.1. The monoisotopic (exact) mass is 450 g/mol. The van der Waals surface area contributed by atoms with Crippen LogP contribution in [0.25, 0.3) is 0 Å². The Morgan fingerprint density at radius 1 is 1.00 bits per heavy atom. The minimum Gasteiger partial charge on any atom is -0.459 e. The molecule has 1 saturated heterocycles. The number of aromatic amines is 1. The SMILES string of the molecule is Cc1cn(C2C[C@H](OC(=O)c3ccccc3)[C@@H](COC(=O)c3ccccc3)O2)c(=O)[nH]c1=O. The number of nitrogens with zero attached hydrogens (tertiary/aromatic N) is 1. The molecule has 0 saturated carbocycles. The van der Waals surface area contributed by atoms with Gasteiger partial charge in [-0.05, 0) is 31.2 Å². The third kappa shape index (κ3) is 5.09. The number of ether oxygens (including phenoxy) is 3. The van der Waals surface area contributed by atoms with Crippen LogP contribution in [0, 0.1) is 6.92 Å². The molecular weight excluding hydrogens is 428 g/mol. The molecule has 170 valence electrons. The first-order valence-corrected chi connectivity index (χ1v) is 10.4. The van der Waals surface area contributed by atoms with Gasteiger partial charge in [-0.25, -0.2) is 14.4 Å². The zero-order valence-electron chi connectivity index (χ0n) is 17.8. The topological polar surface area (TPSA) is 117 Å². The van der Waals surface area contributed by atoms with Crippen LogP contribution in [0.2, 0.25) is 0 Å². The van der Waals surface area contributed by atoms with Crippen LogP contribution in [0.15, 0.2) is 76.4 Å². The normalized spacial score (nSPS) is 19.7. The molecule has 0 aliphatic carbocycles. The quantitative estimate of drug-likeness (QED) is 0.572. The number of carbonyl (C=O) groups is 2. The second-order valence-corrected chi connectivity index (χ2v) is 7.62. The highest BCUT2D eigenvalue weighted by atomic mass is 16.6. The van der Waals surface area contributed by atoms with Crippen molar-refractivity contribution in [2.45, 2.75) is 31.8 Å². The summed E-state index contributed by atoms with van der Waals surface area (Å²) in [6, 6.07) is 16.9. The minimum atomic E-state index is -0.818. The summed E-state index contributed by atoms with van der Waals surface area (Å²) in [4.78, 5) is 51.2. The lowest BCUT2D eigenvalue weighted by Gasteiger charge is -2.19. The van der Waals surface area contributed by atoms with Crippen molar-refractivity contribution in [2.24, 2.45) is 0 Å². The fourth-order valence-electron chi connectivity index (χ4n) is 3.54. The number of hydrogen-bond donors (Lipinski definition) is 1. The molecule has 1 aliphatic heterocycles. The number of benzene rings is 2. The molecule has 1 N–H and O–H groups in total. The Kier molecular flexibility index (Phi) is 6.50. The number of rotatable bonds is 6. The molecule has 2 aromatic carbocycles. The van der Waals surface area contributed by atoms with Gasteiger partial charge in [0.15, 0.2) is 0 Å². The Hall–Kier alpha value is -3.98. The summed E-state index contributed by atoms with van der Waals surface area (Å²) in [5, 5.41) is 0. The van der Waals surface area contributed by atoms with Crippen molar-refractivity contribution >= 4 is 11.9 Å². The maximum absolute atomic E-state index is 12.6. The van der Waals surface area contributed by atoms with Crippen molar-refractivity contribution in [3.63, 3.8) is 0 Å². The summed E-state index contributed by atoms with van der Waals surface area (Å²) in [6.07, 6.45) is -0.889. The van der Waals surface area contributed by atoms with Crippen molar-refractivity contribution in [3.05, 3.63) is 104 Å². The predicted molar refractivity (Wildman–Crippen MR) is 117 cm³/mol. The number of H-pyrrole nitrogens is 1. The van der Waals surface area contributed by atoms with E-state index in [1.807, 2.05) is 0 Å². The number of carbonyl (C=O) groups excluding carboxylic acids is 2. The Bertz CT molecular complexity index is 1250. The van der Waals surface area contributed by atoms with Gasteiger partial charge in [-0.3, -0.25) is 14.3 Å². The smallest absolute Gasteiger partial charge is 0.338 e. The molecule has 0 spiro atoms. The molecule has 0 radical (unpaired) electrons. The van der Waals surface area contributed by atoms with Crippen molar-refractivity contribution in [1.29, 1.82) is 0 Å². The van der Waals surface area contributed by atoms with E-state index in [1.54, 1.807) is 67.6 Å². The van der Waals surface area contributed by atoms with Crippen LogP contribution in [-0.2, 0) is 14.2 Å². The molecule has 4 rings (SSSR count). The van der Waals surface area contributed by atoms with E-state index in [0.29, 0.717) is 16.7 Å². The summed E-state index contributed by atoms with van der Waals surface area (Å²) < 4.78 is 18.2. The minimum absolute atomic E-state index is 0.136. The highest BCUT2D eigenvalue weighted by Gasteiger charge is 2.40. The van der Waals surface area contributed by atoms with Gasteiger partial charge in [0.1, 0.15) is 25.0 Å². The Balaban J connectivity index is 1.53. The third-order valence-corrected chi connectivity index (χ3v) is 5.29. The fourth-order valence-corrected chi connectivity index (χ4v) is 3.54. The van der Waals surface area contributed by atoms with Crippen LogP contribution in [0.3, 0.4) is 0 Å². The third-order valence-electron chi connectivity index (χ3n) is 5.29. The predicted octanol–water partition coefficient (Wildman–Crippen LogP) is 2.22. The van der Waals surface area contributed by atoms with E-state index in [1.165, 1.54) is 10.8 Å². The Morgan fingerprint density at radius 2 is 1.61 bits per heavy atom.